The second kappa shape index (κ2) is 6.08. The van der Waals surface area contributed by atoms with Gasteiger partial charge in [-0.15, -0.1) is 0 Å². The first-order valence-electron chi connectivity index (χ1n) is 6.53. The average molecular weight is 288 g/mol. The fourth-order valence-electron chi connectivity index (χ4n) is 2.01. The van der Waals surface area contributed by atoms with Gasteiger partial charge in [0.1, 0.15) is 5.69 Å². The first kappa shape index (κ1) is 14.6. The Morgan fingerprint density at radius 2 is 2.14 bits per heavy atom. The van der Waals surface area contributed by atoms with Crippen molar-refractivity contribution in [2.75, 3.05) is 11.1 Å². The lowest BCUT2D eigenvalue weighted by molar-refractivity contribution is -0.384. The fraction of sp³-hybridized carbons (Fsp3) is 0.214. The Balaban J connectivity index is 2.30. The van der Waals surface area contributed by atoms with Crippen molar-refractivity contribution in [2.45, 2.75) is 19.9 Å². The molecule has 0 aliphatic heterocycles. The van der Waals surface area contributed by atoms with E-state index in [0.29, 0.717) is 17.9 Å². The molecule has 0 fully saturated rings. The maximum atomic E-state index is 12.3. The van der Waals surface area contributed by atoms with Crippen molar-refractivity contribution >= 4 is 23.0 Å². The molecule has 21 heavy (non-hydrogen) atoms. The summed E-state index contributed by atoms with van der Waals surface area (Å²) in [5, 5.41) is 13.5. The Bertz CT molecular complexity index is 679. The molecule has 0 atom stereocenters. The second-order valence-electron chi connectivity index (χ2n) is 4.58. The summed E-state index contributed by atoms with van der Waals surface area (Å²) in [6, 6.07) is 8.12. The van der Waals surface area contributed by atoms with E-state index in [1.54, 1.807) is 28.8 Å². The molecule has 0 saturated heterocycles. The first-order chi connectivity index (χ1) is 10.0. The molecule has 0 spiro atoms. The van der Waals surface area contributed by atoms with Gasteiger partial charge in [-0.3, -0.25) is 14.9 Å². The Morgan fingerprint density at radius 1 is 1.43 bits per heavy atom. The summed E-state index contributed by atoms with van der Waals surface area (Å²) in [6.45, 7) is 2.46. The number of carbonyl (C=O) groups is 1. The van der Waals surface area contributed by atoms with Crippen molar-refractivity contribution in [3.63, 3.8) is 0 Å². The summed E-state index contributed by atoms with van der Waals surface area (Å²) < 4.78 is 1.58. The summed E-state index contributed by atoms with van der Waals surface area (Å²) in [6.07, 6.45) is 2.13. The SMILES string of the molecule is CCCn1cc([N+](=O)[O-])cc1C(=O)Nc1ccccc1N. The molecule has 7 nitrogen and oxygen atoms in total. The van der Waals surface area contributed by atoms with Crippen molar-refractivity contribution in [3.8, 4) is 0 Å². The van der Waals surface area contributed by atoms with Crippen LogP contribution in [0.2, 0.25) is 0 Å². The number of hydrogen-bond donors (Lipinski definition) is 2. The summed E-state index contributed by atoms with van der Waals surface area (Å²) >= 11 is 0. The van der Waals surface area contributed by atoms with Gasteiger partial charge in [-0.05, 0) is 18.6 Å². The van der Waals surface area contributed by atoms with Gasteiger partial charge in [-0.25, -0.2) is 0 Å². The molecule has 1 aromatic carbocycles. The minimum atomic E-state index is -0.514. The van der Waals surface area contributed by atoms with Gasteiger partial charge in [0.25, 0.3) is 11.6 Å². The number of carbonyl (C=O) groups excluding carboxylic acids is 1. The molecule has 2 aromatic rings. The van der Waals surface area contributed by atoms with Crippen molar-refractivity contribution in [1.29, 1.82) is 0 Å². The predicted molar refractivity (Wildman–Crippen MR) is 80.2 cm³/mol. The number of aryl methyl sites for hydroxylation is 1. The van der Waals surface area contributed by atoms with E-state index < -0.39 is 10.8 Å². The molecule has 2 rings (SSSR count). The number of nitro groups is 1. The molecule has 0 bridgehead atoms. The van der Waals surface area contributed by atoms with Crippen LogP contribution in [-0.4, -0.2) is 15.4 Å². The van der Waals surface area contributed by atoms with E-state index in [1.807, 2.05) is 6.92 Å². The van der Waals surface area contributed by atoms with Crippen molar-refractivity contribution in [1.82, 2.24) is 4.57 Å². The van der Waals surface area contributed by atoms with Gasteiger partial charge in [0.05, 0.1) is 22.5 Å². The summed E-state index contributed by atoms with van der Waals surface area (Å²) in [4.78, 5) is 22.6. The highest BCUT2D eigenvalue weighted by Gasteiger charge is 2.19. The number of nitrogen functional groups attached to an aromatic ring is 1. The number of nitrogens with one attached hydrogen (secondary N) is 1. The van der Waals surface area contributed by atoms with Crippen LogP contribution in [-0.2, 0) is 6.54 Å². The smallest absolute Gasteiger partial charge is 0.287 e. The zero-order chi connectivity index (χ0) is 15.4. The number of para-hydroxylation sites is 2. The van der Waals surface area contributed by atoms with Crippen LogP contribution in [0, 0.1) is 10.1 Å². The molecule has 0 saturated carbocycles. The quantitative estimate of drug-likeness (QED) is 0.501. The first-order valence-corrected chi connectivity index (χ1v) is 6.53. The Kier molecular flexibility index (Phi) is 4.22. The van der Waals surface area contributed by atoms with Gasteiger partial charge in [0.2, 0.25) is 0 Å². The average Bonchev–Trinajstić information content (AvgIpc) is 2.86. The summed E-state index contributed by atoms with van der Waals surface area (Å²) in [7, 11) is 0. The molecule has 0 aliphatic rings. The van der Waals surface area contributed by atoms with Crippen LogP contribution in [0.15, 0.2) is 36.5 Å². The Labute approximate surface area is 121 Å². The Morgan fingerprint density at radius 3 is 2.76 bits per heavy atom. The van der Waals surface area contributed by atoms with Crippen LogP contribution in [0.5, 0.6) is 0 Å². The number of aromatic nitrogens is 1. The summed E-state index contributed by atoms with van der Waals surface area (Å²) in [5.41, 5.74) is 6.83. The standard InChI is InChI=1S/C14H16N4O3/c1-2-7-17-9-10(18(20)21)8-13(17)14(19)16-12-6-4-3-5-11(12)15/h3-6,8-9H,2,7,15H2,1H3,(H,16,19). The third-order valence-electron chi connectivity index (χ3n) is 3.00. The van der Waals surface area contributed by atoms with Gasteiger partial charge in [-0.2, -0.15) is 0 Å². The van der Waals surface area contributed by atoms with E-state index in [2.05, 4.69) is 5.32 Å². The number of rotatable bonds is 5. The minimum absolute atomic E-state index is 0.102. The minimum Gasteiger partial charge on any atom is -0.397 e. The normalized spacial score (nSPS) is 10.3. The number of hydrogen-bond acceptors (Lipinski definition) is 4. The molecule has 0 unspecified atom stereocenters. The third kappa shape index (κ3) is 3.19. The highest BCUT2D eigenvalue weighted by atomic mass is 16.6. The zero-order valence-corrected chi connectivity index (χ0v) is 11.6. The van der Waals surface area contributed by atoms with E-state index >= 15 is 0 Å². The monoisotopic (exact) mass is 288 g/mol. The van der Waals surface area contributed by atoms with Crippen LogP contribution in [0.3, 0.4) is 0 Å². The molecule has 1 amide bonds. The molecule has 110 valence electrons. The van der Waals surface area contributed by atoms with Gasteiger partial charge in [0, 0.05) is 12.6 Å². The maximum Gasteiger partial charge on any atom is 0.287 e. The van der Waals surface area contributed by atoms with E-state index in [4.69, 9.17) is 5.73 Å². The lowest BCUT2D eigenvalue weighted by Crippen LogP contribution is -2.17. The lowest BCUT2D eigenvalue weighted by Gasteiger charge is -2.09. The van der Waals surface area contributed by atoms with Crippen LogP contribution < -0.4 is 11.1 Å². The second-order valence-corrected chi connectivity index (χ2v) is 4.58. The van der Waals surface area contributed by atoms with Crippen LogP contribution >= 0.6 is 0 Å². The van der Waals surface area contributed by atoms with Crippen molar-refractivity contribution < 1.29 is 9.72 Å². The van der Waals surface area contributed by atoms with Crippen LogP contribution in [0.4, 0.5) is 17.1 Å². The van der Waals surface area contributed by atoms with Crippen molar-refractivity contribution in [2.24, 2.45) is 0 Å². The molecule has 1 heterocycles. The molecule has 1 aromatic heterocycles. The third-order valence-corrected chi connectivity index (χ3v) is 3.00. The molecular formula is C14H16N4O3. The number of nitrogens with zero attached hydrogens (tertiary/aromatic N) is 2. The molecule has 0 radical (unpaired) electrons. The lowest BCUT2D eigenvalue weighted by atomic mass is 10.2. The fourth-order valence-corrected chi connectivity index (χ4v) is 2.01. The molecule has 0 aliphatic carbocycles. The number of benzene rings is 1. The van der Waals surface area contributed by atoms with Crippen LogP contribution in [0.25, 0.3) is 0 Å². The van der Waals surface area contributed by atoms with Crippen molar-refractivity contribution in [3.05, 3.63) is 52.3 Å². The topological polar surface area (TPSA) is 103 Å². The van der Waals surface area contributed by atoms with Gasteiger partial charge >= 0.3 is 0 Å². The van der Waals surface area contributed by atoms with Gasteiger partial charge in [0.15, 0.2) is 0 Å². The predicted octanol–water partition coefficient (Wildman–Crippen LogP) is 2.64. The highest BCUT2D eigenvalue weighted by molar-refractivity contribution is 6.05. The number of amides is 1. The number of nitrogens with two attached hydrogens (primary N) is 1. The largest absolute Gasteiger partial charge is 0.397 e. The van der Waals surface area contributed by atoms with E-state index in [-0.39, 0.29) is 11.4 Å². The van der Waals surface area contributed by atoms with E-state index in [1.165, 1.54) is 12.3 Å². The molecule has 7 heteroatoms. The Hall–Kier alpha value is -2.83. The summed E-state index contributed by atoms with van der Waals surface area (Å²) in [5.74, 6) is -0.422. The van der Waals surface area contributed by atoms with Crippen LogP contribution in [0.1, 0.15) is 23.8 Å². The van der Waals surface area contributed by atoms with Gasteiger partial charge in [-0.1, -0.05) is 19.1 Å². The number of anilines is 2. The molecule has 3 N–H and O–H groups in total. The molecular weight excluding hydrogens is 272 g/mol. The van der Waals surface area contributed by atoms with Gasteiger partial charge < -0.3 is 15.6 Å². The zero-order valence-electron chi connectivity index (χ0n) is 11.6. The van der Waals surface area contributed by atoms with E-state index in [0.717, 1.165) is 6.42 Å². The highest BCUT2D eigenvalue weighted by Crippen LogP contribution is 2.21. The maximum absolute atomic E-state index is 12.3. The van der Waals surface area contributed by atoms with E-state index in [9.17, 15) is 14.9 Å².